The molecule has 1 saturated heterocycles. The van der Waals surface area contributed by atoms with Gasteiger partial charge in [0.15, 0.2) is 0 Å². The van der Waals surface area contributed by atoms with Crippen LogP contribution in [0.15, 0.2) is 0 Å². The lowest BCUT2D eigenvalue weighted by Gasteiger charge is -2.27. The van der Waals surface area contributed by atoms with E-state index in [1.807, 2.05) is 0 Å². The Balaban J connectivity index is 1.45. The maximum atomic E-state index is 10.8. The molecule has 2 saturated carbocycles. The summed E-state index contributed by atoms with van der Waals surface area (Å²) in [7, 11) is 0. The fourth-order valence-corrected chi connectivity index (χ4v) is 3.47. The summed E-state index contributed by atoms with van der Waals surface area (Å²) in [5, 5.41) is 12.2. The summed E-state index contributed by atoms with van der Waals surface area (Å²) in [4.78, 5) is 10.8. The van der Waals surface area contributed by atoms with Crippen molar-refractivity contribution in [1.29, 1.82) is 0 Å². The Bertz CT molecular complexity index is 276. The summed E-state index contributed by atoms with van der Waals surface area (Å²) >= 11 is 0. The van der Waals surface area contributed by atoms with Gasteiger partial charge in [0.25, 0.3) is 0 Å². The van der Waals surface area contributed by atoms with Crippen molar-refractivity contribution in [1.82, 2.24) is 5.32 Å². The molecule has 3 fully saturated rings. The van der Waals surface area contributed by atoms with Gasteiger partial charge in [0.1, 0.15) is 0 Å². The lowest BCUT2D eigenvalue weighted by atomic mass is 10.1. The molecule has 2 aliphatic carbocycles. The average molecular weight is 225 g/mol. The molecule has 4 atom stereocenters. The number of hydrogen-bond donors (Lipinski definition) is 2. The number of ether oxygens (including phenoxy) is 1. The number of hydrogen-bond acceptors (Lipinski definition) is 3. The molecule has 2 N–H and O–H groups in total. The van der Waals surface area contributed by atoms with Crippen LogP contribution in [-0.2, 0) is 9.53 Å². The Morgan fingerprint density at radius 1 is 1.12 bits per heavy atom. The number of carbonyl (C=O) groups is 1. The van der Waals surface area contributed by atoms with Crippen LogP contribution in [0.5, 0.6) is 0 Å². The minimum atomic E-state index is -0.602. The van der Waals surface area contributed by atoms with Crippen LogP contribution in [0.4, 0.5) is 0 Å². The van der Waals surface area contributed by atoms with Gasteiger partial charge in [0.2, 0.25) is 0 Å². The molecule has 3 aliphatic rings. The fourth-order valence-electron chi connectivity index (χ4n) is 3.47. The molecule has 4 heteroatoms. The molecule has 1 heterocycles. The largest absolute Gasteiger partial charge is 0.481 e. The highest BCUT2D eigenvalue weighted by Crippen LogP contribution is 2.58. The number of rotatable bonds is 3. The van der Waals surface area contributed by atoms with E-state index in [-0.39, 0.29) is 5.92 Å². The third-order valence-electron chi connectivity index (χ3n) is 4.36. The van der Waals surface area contributed by atoms with E-state index in [4.69, 9.17) is 9.84 Å². The van der Waals surface area contributed by atoms with Gasteiger partial charge < -0.3 is 15.2 Å². The van der Waals surface area contributed by atoms with Gasteiger partial charge in [0, 0.05) is 0 Å². The van der Waals surface area contributed by atoms with Gasteiger partial charge in [-0.25, -0.2) is 0 Å². The second-order valence-corrected chi connectivity index (χ2v) is 5.37. The first kappa shape index (κ1) is 10.5. The van der Waals surface area contributed by atoms with E-state index in [1.54, 1.807) is 0 Å². The SMILES string of the molecule is O=C(O)C1[C@H]2CC(OC3CCNCC3)C[C@@H]12. The second kappa shape index (κ2) is 4.00. The van der Waals surface area contributed by atoms with Crippen molar-refractivity contribution in [2.75, 3.05) is 13.1 Å². The molecule has 0 amide bonds. The Morgan fingerprint density at radius 2 is 1.75 bits per heavy atom. The third-order valence-corrected chi connectivity index (χ3v) is 4.36. The average Bonchev–Trinajstić information content (AvgIpc) is 2.79. The molecule has 16 heavy (non-hydrogen) atoms. The zero-order valence-electron chi connectivity index (χ0n) is 9.39. The molecule has 3 rings (SSSR count). The van der Waals surface area contributed by atoms with Gasteiger partial charge in [-0.3, -0.25) is 4.79 Å². The Morgan fingerprint density at radius 3 is 2.31 bits per heavy atom. The van der Waals surface area contributed by atoms with E-state index in [0.29, 0.717) is 24.0 Å². The van der Waals surface area contributed by atoms with Crippen molar-refractivity contribution in [3.63, 3.8) is 0 Å². The van der Waals surface area contributed by atoms with Crippen LogP contribution in [-0.4, -0.2) is 36.4 Å². The van der Waals surface area contributed by atoms with E-state index in [2.05, 4.69) is 5.32 Å². The molecule has 0 aromatic heterocycles. The molecule has 0 radical (unpaired) electrons. The van der Waals surface area contributed by atoms with Crippen molar-refractivity contribution >= 4 is 5.97 Å². The van der Waals surface area contributed by atoms with E-state index >= 15 is 0 Å². The summed E-state index contributed by atoms with van der Waals surface area (Å²) in [5.41, 5.74) is 0. The molecular weight excluding hydrogens is 206 g/mol. The summed E-state index contributed by atoms with van der Waals surface area (Å²) in [6.45, 7) is 2.12. The van der Waals surface area contributed by atoms with Gasteiger partial charge in [-0.2, -0.15) is 0 Å². The number of nitrogens with one attached hydrogen (secondary N) is 1. The van der Waals surface area contributed by atoms with Crippen LogP contribution in [0.3, 0.4) is 0 Å². The molecule has 2 unspecified atom stereocenters. The quantitative estimate of drug-likeness (QED) is 0.748. The van der Waals surface area contributed by atoms with Crippen LogP contribution >= 0.6 is 0 Å². The predicted octanol–water partition coefficient (Wildman–Crippen LogP) is 0.864. The summed E-state index contributed by atoms with van der Waals surface area (Å²) in [6.07, 6.45) is 4.92. The molecule has 0 spiro atoms. The molecule has 1 aliphatic heterocycles. The number of carboxylic acids is 1. The Hall–Kier alpha value is -0.610. The molecule has 0 aromatic carbocycles. The highest BCUT2D eigenvalue weighted by Gasteiger charge is 2.60. The van der Waals surface area contributed by atoms with Gasteiger partial charge >= 0.3 is 5.97 Å². The predicted molar refractivity (Wildman–Crippen MR) is 58.1 cm³/mol. The maximum Gasteiger partial charge on any atom is 0.307 e. The molecule has 0 aromatic rings. The van der Waals surface area contributed by atoms with Crippen molar-refractivity contribution in [3.8, 4) is 0 Å². The Labute approximate surface area is 95.4 Å². The monoisotopic (exact) mass is 225 g/mol. The van der Waals surface area contributed by atoms with Gasteiger partial charge in [-0.15, -0.1) is 0 Å². The third kappa shape index (κ3) is 1.84. The lowest BCUT2D eigenvalue weighted by molar-refractivity contribution is -0.139. The smallest absolute Gasteiger partial charge is 0.307 e. The molecular formula is C12H19NO3. The first-order valence-electron chi connectivity index (χ1n) is 6.34. The lowest BCUT2D eigenvalue weighted by Crippen LogP contribution is -2.34. The summed E-state index contributed by atoms with van der Waals surface area (Å²) < 4.78 is 6.05. The molecule has 90 valence electrons. The summed E-state index contributed by atoms with van der Waals surface area (Å²) in [6, 6.07) is 0. The van der Waals surface area contributed by atoms with E-state index in [1.165, 1.54) is 0 Å². The minimum absolute atomic E-state index is 0.0483. The van der Waals surface area contributed by atoms with Gasteiger partial charge in [0.05, 0.1) is 18.1 Å². The van der Waals surface area contributed by atoms with Crippen LogP contribution < -0.4 is 5.32 Å². The number of fused-ring (bicyclic) bond motifs is 1. The number of carboxylic acid groups (broad SMARTS) is 1. The maximum absolute atomic E-state index is 10.8. The first-order valence-corrected chi connectivity index (χ1v) is 6.34. The van der Waals surface area contributed by atoms with Crippen LogP contribution in [0.25, 0.3) is 0 Å². The summed E-state index contributed by atoms with van der Waals surface area (Å²) in [5.74, 6) is 0.191. The molecule has 4 nitrogen and oxygen atoms in total. The topological polar surface area (TPSA) is 58.6 Å². The van der Waals surface area contributed by atoms with Crippen molar-refractivity contribution in [2.24, 2.45) is 17.8 Å². The van der Waals surface area contributed by atoms with Gasteiger partial charge in [-0.05, 0) is 50.6 Å². The normalized spacial score (nSPS) is 43.0. The first-order chi connectivity index (χ1) is 7.75. The zero-order valence-corrected chi connectivity index (χ0v) is 9.39. The highest BCUT2D eigenvalue weighted by molar-refractivity contribution is 5.74. The number of aliphatic carboxylic acids is 1. The van der Waals surface area contributed by atoms with Crippen molar-refractivity contribution in [2.45, 2.75) is 37.9 Å². The van der Waals surface area contributed by atoms with Crippen molar-refractivity contribution < 1.29 is 14.6 Å². The zero-order chi connectivity index (χ0) is 11.1. The van der Waals surface area contributed by atoms with Crippen LogP contribution in [0.1, 0.15) is 25.7 Å². The fraction of sp³-hybridized carbons (Fsp3) is 0.917. The van der Waals surface area contributed by atoms with E-state index in [9.17, 15) is 4.79 Å². The molecule has 0 bridgehead atoms. The van der Waals surface area contributed by atoms with Crippen LogP contribution in [0.2, 0.25) is 0 Å². The van der Waals surface area contributed by atoms with Crippen LogP contribution in [0, 0.1) is 17.8 Å². The van der Waals surface area contributed by atoms with Gasteiger partial charge in [-0.1, -0.05) is 0 Å². The van der Waals surface area contributed by atoms with E-state index in [0.717, 1.165) is 38.8 Å². The second-order valence-electron chi connectivity index (χ2n) is 5.37. The van der Waals surface area contributed by atoms with E-state index < -0.39 is 5.97 Å². The van der Waals surface area contributed by atoms with Crippen molar-refractivity contribution in [3.05, 3.63) is 0 Å². The Kier molecular flexibility index (Phi) is 2.64. The standard InChI is InChI=1S/C12H19NO3/c14-12(15)11-9-5-8(6-10(9)11)16-7-1-3-13-4-2-7/h7-11,13H,1-6H2,(H,14,15)/t8?,9-,10+,11?. The number of piperidine rings is 1. The minimum Gasteiger partial charge on any atom is -0.481 e. The highest BCUT2D eigenvalue weighted by atomic mass is 16.5.